The molecule has 1 heterocycles. The third-order valence-corrected chi connectivity index (χ3v) is 5.13. The van der Waals surface area contributed by atoms with Crippen molar-refractivity contribution in [3.63, 3.8) is 0 Å². The summed E-state index contributed by atoms with van der Waals surface area (Å²) in [6, 6.07) is 16.4. The van der Waals surface area contributed by atoms with Gasteiger partial charge in [0.1, 0.15) is 0 Å². The first-order chi connectivity index (χ1) is 11.6. The average Bonchev–Trinajstić information content (AvgIpc) is 3.11. The zero-order valence-electron chi connectivity index (χ0n) is 14.4. The molecule has 25 heavy (non-hydrogen) atoms. The maximum absolute atomic E-state index is 12.4. The van der Waals surface area contributed by atoms with Gasteiger partial charge in [0.05, 0.1) is 6.04 Å². The Bertz CT molecular complexity index is 682. The summed E-state index contributed by atoms with van der Waals surface area (Å²) in [5, 5.41) is 3.11. The van der Waals surface area contributed by atoms with Crippen LogP contribution >= 0.6 is 28.3 Å². The van der Waals surface area contributed by atoms with Gasteiger partial charge in [-0.2, -0.15) is 0 Å². The molecule has 0 bridgehead atoms. The highest BCUT2D eigenvalue weighted by atomic mass is 79.9. The minimum Gasteiger partial charge on any atom is -0.350 e. The van der Waals surface area contributed by atoms with Gasteiger partial charge in [-0.25, -0.2) is 0 Å². The van der Waals surface area contributed by atoms with E-state index < -0.39 is 0 Å². The third-order valence-electron chi connectivity index (χ3n) is 4.61. The minimum atomic E-state index is -0.0150. The van der Waals surface area contributed by atoms with Crippen LogP contribution in [0.4, 0.5) is 0 Å². The fraction of sp³-hybridized carbons (Fsp3) is 0.350. The van der Waals surface area contributed by atoms with Crippen LogP contribution in [-0.4, -0.2) is 30.4 Å². The molecule has 2 aromatic carbocycles. The van der Waals surface area contributed by atoms with E-state index in [2.05, 4.69) is 57.3 Å². The van der Waals surface area contributed by atoms with Gasteiger partial charge in [-0.3, -0.25) is 9.69 Å². The number of benzene rings is 2. The third kappa shape index (κ3) is 5.30. The number of carbonyl (C=O) groups excluding carboxylic acids is 1. The van der Waals surface area contributed by atoms with Crippen molar-refractivity contribution in [1.82, 2.24) is 10.2 Å². The molecule has 3 nitrogen and oxygen atoms in total. The predicted molar refractivity (Wildman–Crippen MR) is 108 cm³/mol. The SMILES string of the molecule is Cc1ccc(C(CNC(=O)c2ccc(Br)cc2)N2CCCC2)cc1.Cl. The maximum atomic E-state index is 12.4. The fourth-order valence-corrected chi connectivity index (χ4v) is 3.46. The number of carbonyl (C=O) groups is 1. The molecule has 134 valence electrons. The Morgan fingerprint density at radius 2 is 1.68 bits per heavy atom. The summed E-state index contributed by atoms with van der Waals surface area (Å²) >= 11 is 3.40. The van der Waals surface area contributed by atoms with Gasteiger partial charge >= 0.3 is 0 Å². The van der Waals surface area contributed by atoms with Gasteiger partial charge in [-0.1, -0.05) is 45.8 Å². The Hall–Kier alpha value is -1.36. The van der Waals surface area contributed by atoms with E-state index in [4.69, 9.17) is 0 Å². The van der Waals surface area contributed by atoms with Crippen molar-refractivity contribution in [3.8, 4) is 0 Å². The molecule has 1 N–H and O–H groups in total. The molecule has 0 aliphatic carbocycles. The summed E-state index contributed by atoms with van der Waals surface area (Å²) in [6.45, 7) is 4.95. The van der Waals surface area contributed by atoms with Crippen molar-refractivity contribution in [3.05, 3.63) is 69.7 Å². The van der Waals surface area contributed by atoms with Crippen LogP contribution in [0, 0.1) is 6.92 Å². The lowest BCUT2D eigenvalue weighted by Gasteiger charge is -2.28. The lowest BCUT2D eigenvalue weighted by molar-refractivity contribution is 0.0938. The molecule has 1 saturated heterocycles. The summed E-state index contributed by atoms with van der Waals surface area (Å²) in [7, 11) is 0. The number of nitrogens with zero attached hydrogens (tertiary/aromatic N) is 1. The van der Waals surface area contributed by atoms with E-state index in [0.29, 0.717) is 12.1 Å². The van der Waals surface area contributed by atoms with Crippen LogP contribution in [0.3, 0.4) is 0 Å². The molecule has 0 saturated carbocycles. The van der Waals surface area contributed by atoms with E-state index in [1.807, 2.05) is 24.3 Å². The van der Waals surface area contributed by atoms with Crippen molar-refractivity contribution in [2.45, 2.75) is 25.8 Å². The number of likely N-dealkylation sites (tertiary alicyclic amines) is 1. The second-order valence-electron chi connectivity index (χ2n) is 6.39. The lowest BCUT2D eigenvalue weighted by atomic mass is 10.0. The van der Waals surface area contributed by atoms with E-state index in [9.17, 15) is 4.79 Å². The van der Waals surface area contributed by atoms with Crippen LogP contribution in [0.5, 0.6) is 0 Å². The Morgan fingerprint density at radius 1 is 1.08 bits per heavy atom. The standard InChI is InChI=1S/C20H23BrN2O.ClH/c1-15-4-6-16(7-5-15)19(23-12-2-3-13-23)14-22-20(24)17-8-10-18(21)11-9-17;/h4-11,19H,2-3,12-14H2,1H3,(H,22,24);1H. The van der Waals surface area contributed by atoms with Crippen LogP contribution < -0.4 is 5.32 Å². The molecule has 5 heteroatoms. The Kier molecular flexibility index (Phi) is 7.48. The summed E-state index contributed by atoms with van der Waals surface area (Å²) < 4.78 is 0.980. The molecule has 1 aliphatic heterocycles. The van der Waals surface area contributed by atoms with Crippen molar-refractivity contribution in [2.75, 3.05) is 19.6 Å². The number of aryl methyl sites for hydroxylation is 1. The van der Waals surface area contributed by atoms with E-state index in [0.717, 1.165) is 17.6 Å². The molecule has 3 rings (SSSR count). The maximum Gasteiger partial charge on any atom is 0.251 e. The topological polar surface area (TPSA) is 32.3 Å². The van der Waals surface area contributed by atoms with E-state index in [1.165, 1.54) is 24.0 Å². The number of amides is 1. The Balaban J connectivity index is 0.00000225. The molecule has 1 amide bonds. The number of hydrogen-bond donors (Lipinski definition) is 1. The van der Waals surface area contributed by atoms with Crippen LogP contribution in [-0.2, 0) is 0 Å². The van der Waals surface area contributed by atoms with Crippen LogP contribution in [0.2, 0.25) is 0 Å². The van der Waals surface area contributed by atoms with Crippen LogP contribution in [0.25, 0.3) is 0 Å². The molecule has 0 spiro atoms. The highest BCUT2D eigenvalue weighted by Crippen LogP contribution is 2.25. The van der Waals surface area contributed by atoms with Gasteiger partial charge in [-0.05, 0) is 62.7 Å². The largest absolute Gasteiger partial charge is 0.350 e. The predicted octanol–water partition coefficient (Wildman–Crippen LogP) is 4.75. The molecule has 1 atom stereocenters. The van der Waals surface area contributed by atoms with Crippen molar-refractivity contribution in [1.29, 1.82) is 0 Å². The number of halogens is 2. The molecule has 1 fully saturated rings. The Labute approximate surface area is 164 Å². The minimum absolute atomic E-state index is 0. The molecule has 0 aromatic heterocycles. The molecule has 0 radical (unpaired) electrons. The first-order valence-electron chi connectivity index (χ1n) is 8.48. The first-order valence-corrected chi connectivity index (χ1v) is 9.27. The normalized spacial score (nSPS) is 15.4. The van der Waals surface area contributed by atoms with E-state index in [1.54, 1.807) is 0 Å². The smallest absolute Gasteiger partial charge is 0.251 e. The molecular weight excluding hydrogens is 400 g/mol. The number of nitrogens with one attached hydrogen (secondary N) is 1. The summed E-state index contributed by atoms with van der Waals surface area (Å²) in [4.78, 5) is 14.9. The Morgan fingerprint density at radius 3 is 2.28 bits per heavy atom. The van der Waals surface area contributed by atoms with Crippen molar-refractivity contribution >= 4 is 34.2 Å². The summed E-state index contributed by atoms with van der Waals surface area (Å²) in [6.07, 6.45) is 2.48. The zero-order valence-corrected chi connectivity index (χ0v) is 16.8. The van der Waals surface area contributed by atoms with Gasteiger partial charge < -0.3 is 5.32 Å². The average molecular weight is 424 g/mol. The van der Waals surface area contributed by atoms with Crippen LogP contribution in [0.1, 0.15) is 40.4 Å². The highest BCUT2D eigenvalue weighted by Gasteiger charge is 2.24. The fourth-order valence-electron chi connectivity index (χ4n) is 3.19. The van der Waals surface area contributed by atoms with Gasteiger partial charge in [0, 0.05) is 16.6 Å². The van der Waals surface area contributed by atoms with E-state index >= 15 is 0 Å². The second-order valence-corrected chi connectivity index (χ2v) is 7.30. The van der Waals surface area contributed by atoms with Crippen molar-refractivity contribution < 1.29 is 4.79 Å². The monoisotopic (exact) mass is 422 g/mol. The van der Waals surface area contributed by atoms with Crippen LogP contribution in [0.15, 0.2) is 53.0 Å². The van der Waals surface area contributed by atoms with Gasteiger partial charge in [0.2, 0.25) is 0 Å². The number of hydrogen-bond acceptors (Lipinski definition) is 2. The second kappa shape index (κ2) is 9.37. The molecule has 1 aliphatic rings. The molecule has 1 unspecified atom stereocenters. The zero-order chi connectivity index (χ0) is 16.9. The molecule has 2 aromatic rings. The quantitative estimate of drug-likeness (QED) is 0.753. The van der Waals surface area contributed by atoms with Gasteiger partial charge in [0.25, 0.3) is 5.91 Å². The van der Waals surface area contributed by atoms with Gasteiger partial charge in [0.15, 0.2) is 0 Å². The molecular formula is C20H24BrClN2O. The van der Waals surface area contributed by atoms with Gasteiger partial charge in [-0.15, -0.1) is 12.4 Å². The van der Waals surface area contributed by atoms with Crippen molar-refractivity contribution in [2.24, 2.45) is 0 Å². The number of rotatable bonds is 5. The summed E-state index contributed by atoms with van der Waals surface area (Å²) in [5.41, 5.74) is 3.23. The first kappa shape index (κ1) is 20.0. The van der Waals surface area contributed by atoms with E-state index in [-0.39, 0.29) is 24.4 Å². The lowest BCUT2D eigenvalue weighted by Crippen LogP contribution is -2.36. The highest BCUT2D eigenvalue weighted by molar-refractivity contribution is 9.10. The summed E-state index contributed by atoms with van der Waals surface area (Å²) in [5.74, 6) is -0.0150.